The number of hydrogen-bond acceptors (Lipinski definition) is 7. The van der Waals surface area contributed by atoms with Crippen LogP contribution in [0.3, 0.4) is 0 Å². The molecular formula is C20H16F3N5O3S. The Morgan fingerprint density at radius 1 is 1.16 bits per heavy atom. The minimum Gasteiger partial charge on any atom is -0.411 e. The molecule has 0 aliphatic rings. The number of aryl methyl sites for hydroxylation is 1. The van der Waals surface area contributed by atoms with Crippen LogP contribution < -0.4 is 0 Å². The van der Waals surface area contributed by atoms with Crippen LogP contribution in [-0.4, -0.2) is 45.1 Å². The summed E-state index contributed by atoms with van der Waals surface area (Å²) in [5.41, 5.74) is 0.137. The van der Waals surface area contributed by atoms with E-state index in [4.69, 9.17) is 5.21 Å². The highest BCUT2D eigenvalue weighted by molar-refractivity contribution is 7.91. The Hall–Kier alpha value is -3.54. The first-order valence-electron chi connectivity index (χ1n) is 9.30. The molecule has 0 fully saturated rings. The highest BCUT2D eigenvalue weighted by Crippen LogP contribution is 2.34. The van der Waals surface area contributed by atoms with Gasteiger partial charge in [0.25, 0.3) is 0 Å². The summed E-state index contributed by atoms with van der Waals surface area (Å²) < 4.78 is 66.4. The number of sulfone groups is 1. The van der Waals surface area contributed by atoms with Gasteiger partial charge in [-0.1, -0.05) is 18.1 Å². The number of alkyl halides is 3. The maximum atomic E-state index is 13.1. The molecule has 166 valence electrons. The molecule has 3 heterocycles. The lowest BCUT2D eigenvalue weighted by Crippen LogP contribution is -2.09. The average Bonchev–Trinajstić information content (AvgIpc) is 3.08. The van der Waals surface area contributed by atoms with Gasteiger partial charge in [0, 0.05) is 18.6 Å². The summed E-state index contributed by atoms with van der Waals surface area (Å²) in [4.78, 5) is 12.5. The second kappa shape index (κ2) is 7.55. The van der Waals surface area contributed by atoms with Crippen molar-refractivity contribution in [3.63, 3.8) is 0 Å². The highest BCUT2D eigenvalue weighted by Gasteiger charge is 2.32. The quantitative estimate of drug-likeness (QED) is 0.280. The van der Waals surface area contributed by atoms with Gasteiger partial charge in [-0.25, -0.2) is 23.4 Å². The maximum Gasteiger partial charge on any atom is 0.417 e. The second-order valence-corrected chi connectivity index (χ2v) is 9.24. The fourth-order valence-corrected chi connectivity index (χ4v) is 4.37. The number of oxime groups is 1. The van der Waals surface area contributed by atoms with Crippen molar-refractivity contribution >= 4 is 38.1 Å². The Morgan fingerprint density at radius 2 is 1.91 bits per heavy atom. The molecule has 3 aromatic heterocycles. The van der Waals surface area contributed by atoms with Crippen LogP contribution >= 0.6 is 0 Å². The predicted molar refractivity (Wildman–Crippen MR) is 111 cm³/mol. The third-order valence-electron chi connectivity index (χ3n) is 4.97. The Bertz CT molecular complexity index is 1490. The zero-order valence-electron chi connectivity index (χ0n) is 16.8. The number of nitrogens with zero attached hydrogens (tertiary/aromatic N) is 5. The van der Waals surface area contributed by atoms with E-state index in [0.29, 0.717) is 22.7 Å². The maximum absolute atomic E-state index is 13.1. The first-order chi connectivity index (χ1) is 15.0. The van der Waals surface area contributed by atoms with E-state index < -0.39 is 21.6 Å². The van der Waals surface area contributed by atoms with Crippen molar-refractivity contribution in [2.75, 3.05) is 5.75 Å². The summed E-state index contributed by atoms with van der Waals surface area (Å²) in [6.45, 7) is 1.48. The smallest absolute Gasteiger partial charge is 0.411 e. The molecule has 0 spiro atoms. The molecule has 1 aromatic carbocycles. The molecule has 0 saturated heterocycles. The Kier molecular flexibility index (Phi) is 5.12. The monoisotopic (exact) mass is 463 g/mol. The topological polar surface area (TPSA) is 110 Å². The summed E-state index contributed by atoms with van der Waals surface area (Å²) in [7, 11) is -2.25. The van der Waals surface area contributed by atoms with Gasteiger partial charge >= 0.3 is 6.18 Å². The van der Waals surface area contributed by atoms with Crippen molar-refractivity contribution in [1.82, 2.24) is 19.5 Å². The molecule has 32 heavy (non-hydrogen) atoms. The molecule has 0 radical (unpaired) electrons. The van der Waals surface area contributed by atoms with E-state index in [0.717, 1.165) is 6.07 Å². The molecule has 0 amide bonds. The van der Waals surface area contributed by atoms with Crippen molar-refractivity contribution in [2.45, 2.75) is 18.0 Å². The van der Waals surface area contributed by atoms with Gasteiger partial charge < -0.3 is 9.77 Å². The number of hydrogen-bond donors (Lipinski definition) is 1. The van der Waals surface area contributed by atoms with Gasteiger partial charge in [0.15, 0.2) is 21.3 Å². The van der Waals surface area contributed by atoms with Crippen LogP contribution in [-0.2, 0) is 23.1 Å². The fraction of sp³-hybridized carbons (Fsp3) is 0.200. The molecule has 4 rings (SSSR count). The van der Waals surface area contributed by atoms with E-state index in [9.17, 15) is 21.6 Å². The summed E-state index contributed by atoms with van der Waals surface area (Å²) >= 11 is 0. The Labute approximate surface area is 180 Å². The van der Waals surface area contributed by atoms with Gasteiger partial charge in [0.1, 0.15) is 11.2 Å². The predicted octanol–water partition coefficient (Wildman–Crippen LogP) is 3.80. The van der Waals surface area contributed by atoms with Crippen molar-refractivity contribution in [1.29, 1.82) is 0 Å². The van der Waals surface area contributed by atoms with Crippen molar-refractivity contribution in [3.05, 3.63) is 47.7 Å². The summed E-state index contributed by atoms with van der Waals surface area (Å²) in [5.74, 6) is -0.146. The lowest BCUT2D eigenvalue weighted by atomic mass is 10.1. The van der Waals surface area contributed by atoms with E-state index in [1.165, 1.54) is 30.8 Å². The van der Waals surface area contributed by atoms with Crippen molar-refractivity contribution in [2.24, 2.45) is 12.2 Å². The summed E-state index contributed by atoms with van der Waals surface area (Å²) in [6, 6.07) is 7.13. The Morgan fingerprint density at radius 3 is 2.56 bits per heavy atom. The van der Waals surface area contributed by atoms with E-state index in [1.807, 2.05) is 0 Å². The van der Waals surface area contributed by atoms with Gasteiger partial charge in [-0.3, -0.25) is 0 Å². The average molecular weight is 463 g/mol. The molecule has 0 unspecified atom stereocenters. The SMILES string of the molecule is CCS(=O)(=O)c1cc2cc(/C=N/O)ccc2nc1-c1nc2cc(C(F)(F)F)cnc2n1C. The molecule has 1 N–H and O–H groups in total. The first kappa shape index (κ1) is 21.7. The largest absolute Gasteiger partial charge is 0.417 e. The van der Waals surface area contributed by atoms with Gasteiger partial charge in [-0.05, 0) is 29.8 Å². The lowest BCUT2D eigenvalue weighted by molar-refractivity contribution is -0.137. The number of aromatic nitrogens is 4. The number of benzene rings is 1. The molecule has 12 heteroatoms. The van der Waals surface area contributed by atoms with Crippen LogP contribution in [0.4, 0.5) is 13.2 Å². The molecule has 0 aliphatic carbocycles. The van der Waals surface area contributed by atoms with Gasteiger partial charge in [0.05, 0.1) is 27.9 Å². The van der Waals surface area contributed by atoms with Crippen LogP contribution in [0.25, 0.3) is 33.6 Å². The minimum atomic E-state index is -4.59. The van der Waals surface area contributed by atoms with Gasteiger partial charge in [-0.2, -0.15) is 13.2 Å². The standard InChI is InChI=1S/C20H16F3N5O3S/c1-3-32(30,31)16-7-12-6-11(9-25-29)4-5-14(12)26-17(16)19-27-15-8-13(20(21,22)23)10-24-18(15)28(19)2/h4-10,29H,3H2,1-2H3/b25-9+. The molecule has 0 atom stereocenters. The summed E-state index contributed by atoms with van der Waals surface area (Å²) in [6.07, 6.45) is -2.70. The molecule has 8 nitrogen and oxygen atoms in total. The van der Waals surface area contributed by atoms with E-state index in [1.54, 1.807) is 18.2 Å². The van der Waals surface area contributed by atoms with E-state index in [-0.39, 0.29) is 33.3 Å². The van der Waals surface area contributed by atoms with Crippen LogP contribution in [0.2, 0.25) is 0 Å². The van der Waals surface area contributed by atoms with Crippen molar-refractivity contribution in [3.8, 4) is 11.5 Å². The summed E-state index contributed by atoms with van der Waals surface area (Å²) in [5, 5.41) is 12.2. The fourth-order valence-electron chi connectivity index (χ4n) is 3.32. The van der Waals surface area contributed by atoms with Gasteiger partial charge in [0.2, 0.25) is 0 Å². The minimum absolute atomic E-state index is 0.0111. The van der Waals surface area contributed by atoms with Crippen molar-refractivity contribution < 1.29 is 26.8 Å². The number of imidazole rings is 1. The molecule has 4 aromatic rings. The van der Waals surface area contributed by atoms with Crippen LogP contribution in [0, 0.1) is 0 Å². The van der Waals surface area contributed by atoms with Crippen LogP contribution in [0.15, 0.2) is 46.6 Å². The molecule has 0 bridgehead atoms. The van der Waals surface area contributed by atoms with Gasteiger partial charge in [-0.15, -0.1) is 0 Å². The number of pyridine rings is 2. The van der Waals surface area contributed by atoms with Crippen LogP contribution in [0.5, 0.6) is 0 Å². The zero-order chi connectivity index (χ0) is 23.3. The molecule has 0 saturated carbocycles. The second-order valence-electron chi connectivity index (χ2n) is 6.99. The highest BCUT2D eigenvalue weighted by atomic mass is 32.2. The van der Waals surface area contributed by atoms with Crippen LogP contribution in [0.1, 0.15) is 18.1 Å². The molecular weight excluding hydrogens is 447 g/mol. The lowest BCUT2D eigenvalue weighted by Gasteiger charge is -2.11. The zero-order valence-corrected chi connectivity index (χ0v) is 17.6. The Balaban J connectivity index is 2.02. The first-order valence-corrected chi connectivity index (χ1v) is 11.0. The number of rotatable bonds is 4. The number of halogens is 3. The van der Waals surface area contributed by atoms with E-state index in [2.05, 4.69) is 20.1 Å². The third-order valence-corrected chi connectivity index (χ3v) is 6.72. The molecule has 0 aliphatic heterocycles. The number of fused-ring (bicyclic) bond motifs is 2. The normalized spacial score (nSPS) is 12.9. The van der Waals surface area contributed by atoms with E-state index >= 15 is 0 Å². The third kappa shape index (κ3) is 3.66.